The second-order valence-corrected chi connectivity index (χ2v) is 11.8. The predicted octanol–water partition coefficient (Wildman–Crippen LogP) is 4.35. The molecule has 0 aliphatic heterocycles. The highest BCUT2D eigenvalue weighted by atomic mass is 32.2. The number of rotatable bonds is 14. The standard InChI is InChI=1S/C31H36FN3O5S/c1-4-5-18-33-31(38)29(19-24-10-7-6-8-11-24)34(21-25-14-16-27(32)17-15-25)30(37)22-35(41(3,39)40)28-13-9-12-26(20-28)23(2)36/h6-17,20,29H,4-5,18-19,21-22H2,1-3H3,(H,33,38)/t29-/m0/s1. The minimum Gasteiger partial charge on any atom is -0.354 e. The zero-order chi connectivity index (χ0) is 30.0. The van der Waals surface area contributed by atoms with Gasteiger partial charge in [0.05, 0.1) is 11.9 Å². The Hall–Kier alpha value is -4.05. The van der Waals surface area contributed by atoms with Gasteiger partial charge in [-0.1, -0.05) is 67.9 Å². The normalized spacial score (nSPS) is 11.9. The molecule has 0 saturated carbocycles. The summed E-state index contributed by atoms with van der Waals surface area (Å²) < 4.78 is 40.4. The fourth-order valence-corrected chi connectivity index (χ4v) is 5.18. The van der Waals surface area contributed by atoms with Crippen LogP contribution in [0.3, 0.4) is 0 Å². The average molecular weight is 582 g/mol. The summed E-state index contributed by atoms with van der Waals surface area (Å²) >= 11 is 0. The van der Waals surface area contributed by atoms with Gasteiger partial charge in [-0.15, -0.1) is 0 Å². The van der Waals surface area contributed by atoms with E-state index in [9.17, 15) is 27.2 Å². The monoisotopic (exact) mass is 581 g/mol. The third-order valence-electron chi connectivity index (χ3n) is 6.59. The smallest absolute Gasteiger partial charge is 0.244 e. The molecule has 1 N–H and O–H groups in total. The lowest BCUT2D eigenvalue weighted by molar-refractivity contribution is -0.140. The summed E-state index contributed by atoms with van der Waals surface area (Å²) in [5.74, 6) is -1.70. The van der Waals surface area contributed by atoms with Crippen molar-refractivity contribution >= 4 is 33.3 Å². The number of Topliss-reactive ketones (excluding diaryl/α,β-unsaturated/α-hetero) is 1. The van der Waals surface area contributed by atoms with Crippen molar-refractivity contribution in [3.63, 3.8) is 0 Å². The van der Waals surface area contributed by atoms with Gasteiger partial charge in [0.15, 0.2) is 5.78 Å². The number of amides is 2. The van der Waals surface area contributed by atoms with Gasteiger partial charge in [0.2, 0.25) is 21.8 Å². The molecule has 0 spiro atoms. The van der Waals surface area contributed by atoms with E-state index < -0.39 is 34.3 Å². The van der Waals surface area contributed by atoms with E-state index in [4.69, 9.17) is 0 Å². The molecule has 10 heteroatoms. The van der Waals surface area contributed by atoms with Crippen LogP contribution in [0.1, 0.15) is 48.2 Å². The number of hydrogen-bond acceptors (Lipinski definition) is 5. The van der Waals surface area contributed by atoms with Gasteiger partial charge in [0, 0.05) is 25.1 Å². The second kappa shape index (κ2) is 14.5. The fraction of sp³-hybridized carbons (Fsp3) is 0.323. The van der Waals surface area contributed by atoms with Gasteiger partial charge >= 0.3 is 0 Å². The highest BCUT2D eigenvalue weighted by Gasteiger charge is 2.33. The number of halogens is 1. The van der Waals surface area contributed by atoms with Crippen LogP contribution in [0.25, 0.3) is 0 Å². The molecule has 0 fully saturated rings. The third kappa shape index (κ3) is 9.24. The lowest BCUT2D eigenvalue weighted by atomic mass is 10.0. The molecule has 41 heavy (non-hydrogen) atoms. The SMILES string of the molecule is CCCCNC(=O)[C@H](Cc1ccccc1)N(Cc1ccc(F)cc1)C(=O)CN(c1cccc(C(C)=O)c1)S(C)(=O)=O. The number of sulfonamides is 1. The number of nitrogens with one attached hydrogen (secondary N) is 1. The van der Waals surface area contributed by atoms with E-state index in [1.807, 2.05) is 37.3 Å². The Labute approximate surface area is 241 Å². The fourth-order valence-electron chi connectivity index (χ4n) is 4.34. The van der Waals surface area contributed by atoms with Crippen LogP contribution >= 0.6 is 0 Å². The molecule has 3 rings (SSSR count). The number of anilines is 1. The predicted molar refractivity (Wildman–Crippen MR) is 157 cm³/mol. The molecular formula is C31H36FN3O5S. The van der Waals surface area contributed by atoms with Gasteiger partial charge in [-0.25, -0.2) is 12.8 Å². The molecule has 3 aromatic rings. The quantitative estimate of drug-likeness (QED) is 0.225. The Morgan fingerprint density at radius 1 is 0.927 bits per heavy atom. The maximum Gasteiger partial charge on any atom is 0.244 e. The second-order valence-electron chi connectivity index (χ2n) is 9.87. The van der Waals surface area contributed by atoms with E-state index in [1.54, 1.807) is 12.1 Å². The number of unbranched alkanes of at least 4 members (excludes halogenated alkanes) is 1. The zero-order valence-electron chi connectivity index (χ0n) is 23.5. The summed E-state index contributed by atoms with van der Waals surface area (Å²) in [6.45, 7) is 3.13. The van der Waals surface area contributed by atoms with Crippen molar-refractivity contribution in [2.45, 2.75) is 45.7 Å². The van der Waals surface area contributed by atoms with E-state index in [1.165, 1.54) is 48.2 Å². The van der Waals surface area contributed by atoms with Gasteiger partial charge in [0.25, 0.3) is 0 Å². The third-order valence-corrected chi connectivity index (χ3v) is 7.73. The molecule has 0 radical (unpaired) electrons. The Bertz CT molecular complexity index is 1450. The largest absolute Gasteiger partial charge is 0.354 e. The number of hydrogen-bond donors (Lipinski definition) is 1. The first kappa shape index (κ1) is 31.5. The minimum atomic E-state index is -3.97. The molecule has 0 aliphatic carbocycles. The lowest BCUT2D eigenvalue weighted by Crippen LogP contribution is -2.53. The van der Waals surface area contributed by atoms with Crippen molar-refractivity contribution < 1.29 is 27.2 Å². The molecular weight excluding hydrogens is 545 g/mol. The summed E-state index contributed by atoms with van der Waals surface area (Å²) in [6, 6.07) is 19.8. The van der Waals surface area contributed by atoms with Crippen molar-refractivity contribution in [3.05, 3.63) is 101 Å². The van der Waals surface area contributed by atoms with E-state index in [2.05, 4.69) is 5.32 Å². The van der Waals surface area contributed by atoms with Gasteiger partial charge in [-0.05, 0) is 48.7 Å². The van der Waals surface area contributed by atoms with E-state index >= 15 is 0 Å². The first-order valence-electron chi connectivity index (χ1n) is 13.4. The van der Waals surface area contributed by atoms with Gasteiger partial charge in [-0.3, -0.25) is 18.7 Å². The maximum atomic E-state index is 14.0. The summed E-state index contributed by atoms with van der Waals surface area (Å²) in [5, 5.41) is 2.91. The van der Waals surface area contributed by atoms with Crippen LogP contribution in [-0.2, 0) is 32.6 Å². The van der Waals surface area contributed by atoms with Gasteiger partial charge in [0.1, 0.15) is 18.4 Å². The number of nitrogens with zero attached hydrogens (tertiary/aromatic N) is 2. The number of carbonyl (C=O) groups excluding carboxylic acids is 3. The molecule has 0 heterocycles. The summed E-state index contributed by atoms with van der Waals surface area (Å²) in [6.07, 6.45) is 2.78. The molecule has 0 bridgehead atoms. The molecule has 1 atom stereocenters. The first-order valence-corrected chi connectivity index (χ1v) is 15.3. The van der Waals surface area contributed by atoms with Gasteiger partial charge in [-0.2, -0.15) is 0 Å². The zero-order valence-corrected chi connectivity index (χ0v) is 24.4. The molecule has 0 saturated heterocycles. The van der Waals surface area contributed by atoms with Crippen LogP contribution in [0.15, 0.2) is 78.9 Å². The van der Waals surface area contributed by atoms with E-state index in [0.717, 1.165) is 29.0 Å². The number of ketones is 1. The Morgan fingerprint density at radius 3 is 2.22 bits per heavy atom. The molecule has 0 aliphatic rings. The Balaban J connectivity index is 2.04. The van der Waals surface area contributed by atoms with Crippen molar-refractivity contribution in [1.82, 2.24) is 10.2 Å². The highest BCUT2D eigenvalue weighted by Crippen LogP contribution is 2.22. The summed E-state index contributed by atoms with van der Waals surface area (Å²) in [7, 11) is -3.97. The van der Waals surface area contributed by atoms with E-state index in [0.29, 0.717) is 17.7 Å². The summed E-state index contributed by atoms with van der Waals surface area (Å²) in [4.78, 5) is 40.9. The van der Waals surface area contributed by atoms with Crippen LogP contribution in [0.4, 0.5) is 10.1 Å². The molecule has 0 unspecified atom stereocenters. The van der Waals surface area contributed by atoms with Crippen molar-refractivity contribution in [2.24, 2.45) is 0 Å². The highest BCUT2D eigenvalue weighted by molar-refractivity contribution is 7.92. The molecule has 0 aromatic heterocycles. The molecule has 2 amide bonds. The minimum absolute atomic E-state index is 0.0527. The van der Waals surface area contributed by atoms with Gasteiger partial charge < -0.3 is 10.2 Å². The van der Waals surface area contributed by atoms with Crippen LogP contribution in [0.2, 0.25) is 0 Å². The van der Waals surface area contributed by atoms with Crippen molar-refractivity contribution in [2.75, 3.05) is 23.7 Å². The van der Waals surface area contributed by atoms with Crippen molar-refractivity contribution in [3.8, 4) is 0 Å². The maximum absolute atomic E-state index is 14.0. The van der Waals surface area contributed by atoms with Crippen LogP contribution in [0, 0.1) is 5.82 Å². The molecule has 8 nitrogen and oxygen atoms in total. The van der Waals surface area contributed by atoms with Crippen LogP contribution < -0.4 is 9.62 Å². The lowest BCUT2D eigenvalue weighted by Gasteiger charge is -2.33. The first-order chi connectivity index (χ1) is 19.5. The number of benzene rings is 3. The van der Waals surface area contributed by atoms with Crippen LogP contribution in [0.5, 0.6) is 0 Å². The topological polar surface area (TPSA) is 104 Å². The van der Waals surface area contributed by atoms with Crippen molar-refractivity contribution in [1.29, 1.82) is 0 Å². The molecule has 218 valence electrons. The Morgan fingerprint density at radius 2 is 1.61 bits per heavy atom. The van der Waals surface area contributed by atoms with E-state index in [-0.39, 0.29) is 30.3 Å². The average Bonchev–Trinajstić information content (AvgIpc) is 2.94. The molecule has 3 aromatic carbocycles. The van der Waals surface area contributed by atoms with Crippen LogP contribution in [-0.4, -0.2) is 56.3 Å². The summed E-state index contributed by atoms with van der Waals surface area (Å²) in [5.41, 5.74) is 1.84. The Kier molecular flexibility index (Phi) is 11.2. The number of carbonyl (C=O) groups is 3.